The fraction of sp³-hybridized carbons (Fsp3) is 0.250. The molecule has 3 N–H and O–H groups in total. The van der Waals surface area contributed by atoms with Crippen LogP contribution < -0.4 is 10.0 Å². The van der Waals surface area contributed by atoms with Gasteiger partial charge in [-0.3, -0.25) is 9.52 Å². The molecule has 0 aliphatic rings. The summed E-state index contributed by atoms with van der Waals surface area (Å²) in [6.45, 7) is 0. The predicted molar refractivity (Wildman–Crippen MR) is 94.7 cm³/mol. The lowest BCUT2D eigenvalue weighted by Crippen LogP contribution is -2.19. The molecular weight excluding hydrogens is 361 g/mol. The zero-order valence-electron chi connectivity index (χ0n) is 14.2. The number of carbonyl (C=O) groups is 1. The third-order valence-electron chi connectivity index (χ3n) is 4.05. The van der Waals surface area contributed by atoms with Crippen molar-refractivity contribution in [1.82, 2.24) is 19.9 Å². The summed E-state index contributed by atoms with van der Waals surface area (Å²) in [7, 11) is -0.756. The molecule has 0 spiro atoms. The number of halogens is 1. The lowest BCUT2D eigenvalue weighted by atomic mass is 10.1. The Morgan fingerprint density at radius 2 is 2.19 bits per heavy atom. The molecule has 1 aromatic carbocycles. The van der Waals surface area contributed by atoms with Gasteiger partial charge >= 0.3 is 0 Å². The fourth-order valence-electron chi connectivity index (χ4n) is 2.64. The highest BCUT2D eigenvalue weighted by atomic mass is 32.2. The maximum absolute atomic E-state index is 15.0. The van der Waals surface area contributed by atoms with Crippen molar-refractivity contribution in [3.8, 4) is 0 Å². The van der Waals surface area contributed by atoms with Gasteiger partial charge in [0.05, 0.1) is 17.5 Å². The molecule has 0 aliphatic carbocycles. The van der Waals surface area contributed by atoms with E-state index in [1.54, 1.807) is 17.7 Å². The Balaban J connectivity index is 2.09. The molecule has 2 aromatic heterocycles. The van der Waals surface area contributed by atoms with Crippen LogP contribution in [-0.2, 0) is 28.3 Å². The van der Waals surface area contributed by atoms with Crippen LogP contribution in [0.3, 0.4) is 0 Å². The van der Waals surface area contributed by atoms with E-state index in [-0.39, 0.29) is 40.5 Å². The number of aryl methyl sites for hydroxylation is 1. The molecule has 0 atom stereocenters. The largest absolute Gasteiger partial charge is 0.359 e. The highest BCUT2D eigenvalue weighted by Crippen LogP contribution is 2.30. The van der Waals surface area contributed by atoms with Crippen LogP contribution in [0.25, 0.3) is 11.0 Å². The number of aromatic amines is 1. The van der Waals surface area contributed by atoms with Crippen molar-refractivity contribution < 1.29 is 17.6 Å². The van der Waals surface area contributed by atoms with Crippen molar-refractivity contribution in [2.24, 2.45) is 7.05 Å². The van der Waals surface area contributed by atoms with Gasteiger partial charge in [0.1, 0.15) is 5.52 Å². The van der Waals surface area contributed by atoms with Crippen molar-refractivity contribution in [3.05, 3.63) is 42.1 Å². The molecular formula is C16H18FN5O3S. The smallest absolute Gasteiger partial charge is 0.277 e. The maximum Gasteiger partial charge on any atom is 0.277 e. The van der Waals surface area contributed by atoms with Gasteiger partial charge in [0.15, 0.2) is 10.8 Å². The van der Waals surface area contributed by atoms with Crippen molar-refractivity contribution in [1.29, 1.82) is 0 Å². The third kappa shape index (κ3) is 3.27. The Kier molecular flexibility index (Phi) is 4.68. The number of rotatable bonds is 6. The summed E-state index contributed by atoms with van der Waals surface area (Å²) in [5, 5.41) is 2.42. The molecule has 138 valence electrons. The number of hydrogen-bond acceptors (Lipinski definition) is 4. The van der Waals surface area contributed by atoms with Crippen LogP contribution in [0.1, 0.15) is 12.0 Å². The first-order valence-corrected chi connectivity index (χ1v) is 9.31. The average Bonchev–Trinajstić information content (AvgIpc) is 3.25. The summed E-state index contributed by atoms with van der Waals surface area (Å²) in [5.41, 5.74) is 0.740. The van der Waals surface area contributed by atoms with Crippen molar-refractivity contribution >= 4 is 32.7 Å². The number of fused-ring (bicyclic) bond motifs is 1. The molecule has 3 rings (SSSR count). The normalized spacial score (nSPS) is 11.7. The molecule has 2 heterocycles. The fourth-order valence-corrected chi connectivity index (χ4v) is 3.71. The van der Waals surface area contributed by atoms with Gasteiger partial charge in [0.25, 0.3) is 10.0 Å². The highest BCUT2D eigenvalue weighted by molar-refractivity contribution is 7.92. The summed E-state index contributed by atoms with van der Waals surface area (Å²) < 4.78 is 44.0. The number of sulfonamides is 1. The number of carbonyl (C=O) groups excluding carboxylic acids is 1. The molecule has 10 heteroatoms. The second kappa shape index (κ2) is 6.79. The van der Waals surface area contributed by atoms with E-state index < -0.39 is 15.8 Å². The lowest BCUT2D eigenvalue weighted by Gasteiger charge is -2.14. The Labute approximate surface area is 149 Å². The first-order valence-electron chi connectivity index (χ1n) is 7.82. The van der Waals surface area contributed by atoms with E-state index >= 15 is 0 Å². The van der Waals surface area contributed by atoms with Crippen LogP contribution in [0.4, 0.5) is 10.1 Å². The Hall–Kier alpha value is -2.88. The molecule has 0 bridgehead atoms. The number of nitrogens with zero attached hydrogens (tertiary/aromatic N) is 2. The highest BCUT2D eigenvalue weighted by Gasteiger charge is 2.22. The van der Waals surface area contributed by atoms with Crippen LogP contribution in [0.2, 0.25) is 0 Å². The van der Waals surface area contributed by atoms with Gasteiger partial charge in [-0.05, 0) is 24.6 Å². The van der Waals surface area contributed by atoms with Crippen molar-refractivity contribution in [2.45, 2.75) is 17.9 Å². The SMILES string of the molecule is CNC(=O)CCc1c(NS(=O)(=O)c2ccc[nH]2)cc2c(ncn2C)c1F. The zero-order chi connectivity index (χ0) is 18.9. The molecule has 3 aromatic rings. The molecule has 1 amide bonds. The van der Waals surface area contributed by atoms with E-state index in [0.717, 1.165) is 0 Å². The predicted octanol–water partition coefficient (Wildman–Crippen LogP) is 1.52. The zero-order valence-corrected chi connectivity index (χ0v) is 15.0. The number of amides is 1. The monoisotopic (exact) mass is 379 g/mol. The van der Waals surface area contributed by atoms with Gasteiger partial charge in [-0.15, -0.1) is 0 Å². The summed E-state index contributed by atoms with van der Waals surface area (Å²) >= 11 is 0. The third-order valence-corrected chi connectivity index (χ3v) is 5.37. The van der Waals surface area contributed by atoms with E-state index in [0.29, 0.717) is 5.52 Å². The summed E-state index contributed by atoms with van der Waals surface area (Å²) in [6, 6.07) is 4.46. The standard InChI is InChI=1S/C16H18FN5O3S/c1-18-13(23)6-5-10-11(21-26(24,25)14-4-3-7-19-14)8-12-16(15(10)17)20-9-22(12)2/h3-4,7-9,19,21H,5-6H2,1-2H3,(H,18,23). The van der Waals surface area contributed by atoms with Crippen molar-refractivity contribution in [2.75, 3.05) is 11.8 Å². The number of aromatic nitrogens is 3. The van der Waals surface area contributed by atoms with E-state index in [2.05, 4.69) is 20.0 Å². The Bertz CT molecular complexity index is 1060. The Morgan fingerprint density at radius 3 is 2.85 bits per heavy atom. The van der Waals surface area contributed by atoms with Gasteiger partial charge in [0, 0.05) is 32.3 Å². The summed E-state index contributed by atoms with van der Waals surface area (Å²) in [6.07, 6.45) is 2.97. The molecule has 0 aliphatic heterocycles. The molecule has 0 saturated heterocycles. The number of hydrogen-bond donors (Lipinski definition) is 3. The van der Waals surface area contributed by atoms with Gasteiger partial charge in [0.2, 0.25) is 5.91 Å². The molecule has 0 unspecified atom stereocenters. The van der Waals surface area contributed by atoms with E-state index in [1.807, 2.05) is 0 Å². The summed E-state index contributed by atoms with van der Waals surface area (Å²) in [4.78, 5) is 18.2. The topological polar surface area (TPSA) is 109 Å². The molecule has 0 radical (unpaired) electrons. The van der Waals surface area contributed by atoms with Gasteiger partial charge in [-0.1, -0.05) is 0 Å². The maximum atomic E-state index is 15.0. The van der Waals surface area contributed by atoms with Gasteiger partial charge < -0.3 is 14.9 Å². The van der Waals surface area contributed by atoms with Gasteiger partial charge in [-0.25, -0.2) is 9.37 Å². The summed E-state index contributed by atoms with van der Waals surface area (Å²) in [5.74, 6) is -0.917. The van der Waals surface area contributed by atoms with Gasteiger partial charge in [-0.2, -0.15) is 8.42 Å². The molecule has 0 fully saturated rings. The minimum absolute atomic E-state index is 0.0169. The molecule has 0 saturated carbocycles. The van der Waals surface area contributed by atoms with Crippen LogP contribution in [0, 0.1) is 5.82 Å². The number of anilines is 1. The van der Waals surface area contributed by atoms with Crippen LogP contribution in [0.5, 0.6) is 0 Å². The second-order valence-electron chi connectivity index (χ2n) is 5.75. The van der Waals surface area contributed by atoms with Crippen LogP contribution in [-0.4, -0.2) is 35.9 Å². The van der Waals surface area contributed by atoms with E-state index in [9.17, 15) is 17.6 Å². The van der Waals surface area contributed by atoms with Crippen LogP contribution in [0.15, 0.2) is 35.7 Å². The van der Waals surface area contributed by atoms with Crippen molar-refractivity contribution in [3.63, 3.8) is 0 Å². The van der Waals surface area contributed by atoms with Crippen LogP contribution >= 0.6 is 0 Å². The second-order valence-corrected chi connectivity index (χ2v) is 7.40. The average molecular weight is 379 g/mol. The number of nitrogens with one attached hydrogen (secondary N) is 3. The minimum Gasteiger partial charge on any atom is -0.359 e. The number of benzene rings is 1. The van der Waals surface area contributed by atoms with E-state index in [1.165, 1.54) is 31.7 Å². The lowest BCUT2D eigenvalue weighted by molar-refractivity contribution is -0.120. The first kappa shape index (κ1) is 17.9. The quantitative estimate of drug-likeness (QED) is 0.603. The number of H-pyrrole nitrogens is 1. The Morgan fingerprint density at radius 1 is 1.42 bits per heavy atom. The first-order chi connectivity index (χ1) is 12.3. The molecule has 8 nitrogen and oxygen atoms in total. The number of imidazole rings is 1. The molecule has 26 heavy (non-hydrogen) atoms. The minimum atomic E-state index is -3.92. The van der Waals surface area contributed by atoms with E-state index in [4.69, 9.17) is 0 Å².